The van der Waals surface area contributed by atoms with Crippen molar-refractivity contribution in [1.29, 1.82) is 0 Å². The molecule has 0 heterocycles. The Morgan fingerprint density at radius 2 is 1.89 bits per heavy atom. The first-order valence-corrected chi connectivity index (χ1v) is 7.14. The molecule has 3 unspecified atom stereocenters. The quantitative estimate of drug-likeness (QED) is 0.793. The first-order chi connectivity index (χ1) is 9.04. The molecule has 0 aromatic heterocycles. The van der Waals surface area contributed by atoms with Gasteiger partial charge in [0.2, 0.25) is 5.91 Å². The van der Waals surface area contributed by atoms with Gasteiger partial charge in [-0.1, -0.05) is 50.6 Å². The molecule has 0 aliphatic rings. The van der Waals surface area contributed by atoms with E-state index in [9.17, 15) is 4.79 Å². The van der Waals surface area contributed by atoms with Gasteiger partial charge in [-0.15, -0.1) is 0 Å². The maximum atomic E-state index is 12.1. The SMILES string of the molecule is CCCC(Cc1ccccc1)NC(=O)C(C)C(C)N. The molecule has 0 fully saturated rings. The molecule has 3 heteroatoms. The molecule has 3 nitrogen and oxygen atoms in total. The summed E-state index contributed by atoms with van der Waals surface area (Å²) in [5, 5.41) is 3.13. The van der Waals surface area contributed by atoms with Crippen molar-refractivity contribution in [3.8, 4) is 0 Å². The summed E-state index contributed by atoms with van der Waals surface area (Å²) in [6, 6.07) is 10.4. The van der Waals surface area contributed by atoms with Crippen LogP contribution in [0.5, 0.6) is 0 Å². The number of nitrogens with one attached hydrogen (secondary N) is 1. The molecule has 3 atom stereocenters. The molecule has 0 aliphatic heterocycles. The number of carbonyl (C=O) groups excluding carboxylic acids is 1. The van der Waals surface area contributed by atoms with E-state index in [-0.39, 0.29) is 23.9 Å². The first kappa shape index (κ1) is 15.7. The van der Waals surface area contributed by atoms with E-state index in [0.29, 0.717) is 0 Å². The monoisotopic (exact) mass is 262 g/mol. The van der Waals surface area contributed by atoms with Crippen LogP contribution in [0.15, 0.2) is 30.3 Å². The van der Waals surface area contributed by atoms with Gasteiger partial charge in [0.1, 0.15) is 0 Å². The molecular formula is C16H26N2O. The maximum absolute atomic E-state index is 12.1. The molecule has 1 rings (SSSR count). The van der Waals surface area contributed by atoms with E-state index in [2.05, 4.69) is 24.4 Å². The Labute approximate surface area is 116 Å². The average Bonchev–Trinajstić information content (AvgIpc) is 2.39. The topological polar surface area (TPSA) is 55.1 Å². The summed E-state index contributed by atoms with van der Waals surface area (Å²) in [7, 11) is 0. The highest BCUT2D eigenvalue weighted by molar-refractivity contribution is 5.79. The number of carbonyl (C=O) groups is 1. The minimum Gasteiger partial charge on any atom is -0.353 e. The van der Waals surface area contributed by atoms with Crippen LogP contribution in [0.2, 0.25) is 0 Å². The van der Waals surface area contributed by atoms with E-state index in [0.717, 1.165) is 19.3 Å². The van der Waals surface area contributed by atoms with Crippen LogP contribution in [0.3, 0.4) is 0 Å². The Balaban J connectivity index is 2.60. The van der Waals surface area contributed by atoms with Crippen LogP contribution < -0.4 is 11.1 Å². The normalized spacial score (nSPS) is 15.6. The Morgan fingerprint density at radius 3 is 2.42 bits per heavy atom. The van der Waals surface area contributed by atoms with Gasteiger partial charge in [-0.3, -0.25) is 4.79 Å². The molecule has 0 saturated carbocycles. The lowest BCUT2D eigenvalue weighted by Crippen LogP contribution is -2.44. The Bertz CT molecular complexity index is 376. The van der Waals surface area contributed by atoms with Crippen molar-refractivity contribution in [3.05, 3.63) is 35.9 Å². The van der Waals surface area contributed by atoms with Gasteiger partial charge in [0.05, 0.1) is 0 Å². The molecule has 1 amide bonds. The second-order valence-corrected chi connectivity index (χ2v) is 5.33. The molecule has 19 heavy (non-hydrogen) atoms. The summed E-state index contributed by atoms with van der Waals surface area (Å²) in [6.07, 6.45) is 2.93. The fourth-order valence-electron chi connectivity index (χ4n) is 2.04. The molecular weight excluding hydrogens is 236 g/mol. The highest BCUT2D eigenvalue weighted by atomic mass is 16.1. The van der Waals surface area contributed by atoms with Gasteiger partial charge < -0.3 is 11.1 Å². The summed E-state index contributed by atoms with van der Waals surface area (Å²) in [5.74, 6) is -0.0838. The second-order valence-electron chi connectivity index (χ2n) is 5.33. The van der Waals surface area contributed by atoms with Crippen molar-refractivity contribution in [2.45, 2.75) is 52.1 Å². The number of hydrogen-bond acceptors (Lipinski definition) is 2. The third-order valence-electron chi connectivity index (χ3n) is 3.51. The summed E-state index contributed by atoms with van der Waals surface area (Å²) in [5.41, 5.74) is 7.04. The van der Waals surface area contributed by atoms with Gasteiger partial charge in [-0.2, -0.15) is 0 Å². The van der Waals surface area contributed by atoms with Gasteiger partial charge in [0.25, 0.3) is 0 Å². The van der Waals surface area contributed by atoms with E-state index in [4.69, 9.17) is 5.73 Å². The largest absolute Gasteiger partial charge is 0.353 e. The first-order valence-electron chi connectivity index (χ1n) is 7.14. The Kier molecular flexibility index (Phi) is 6.57. The van der Waals surface area contributed by atoms with E-state index < -0.39 is 0 Å². The van der Waals surface area contributed by atoms with Crippen LogP contribution in [0.25, 0.3) is 0 Å². The minimum atomic E-state index is -0.143. The molecule has 106 valence electrons. The van der Waals surface area contributed by atoms with Crippen LogP contribution in [0.4, 0.5) is 0 Å². The van der Waals surface area contributed by atoms with Crippen LogP contribution >= 0.6 is 0 Å². The number of rotatable bonds is 7. The molecule has 0 aliphatic carbocycles. The zero-order chi connectivity index (χ0) is 14.3. The van der Waals surface area contributed by atoms with Crippen LogP contribution in [0.1, 0.15) is 39.2 Å². The maximum Gasteiger partial charge on any atom is 0.224 e. The molecule has 1 aromatic carbocycles. The average molecular weight is 262 g/mol. The van der Waals surface area contributed by atoms with Crippen molar-refractivity contribution in [2.75, 3.05) is 0 Å². The van der Waals surface area contributed by atoms with Crippen LogP contribution in [-0.4, -0.2) is 18.0 Å². The lowest BCUT2D eigenvalue weighted by atomic mass is 9.99. The molecule has 0 spiro atoms. The Morgan fingerprint density at radius 1 is 1.26 bits per heavy atom. The summed E-state index contributed by atoms with van der Waals surface area (Å²) in [4.78, 5) is 12.1. The fraction of sp³-hybridized carbons (Fsp3) is 0.562. The minimum absolute atomic E-state index is 0.0596. The van der Waals surface area contributed by atoms with Gasteiger partial charge in [0.15, 0.2) is 0 Å². The second kappa shape index (κ2) is 7.95. The lowest BCUT2D eigenvalue weighted by molar-refractivity contribution is -0.125. The van der Waals surface area contributed by atoms with E-state index in [1.165, 1.54) is 5.56 Å². The van der Waals surface area contributed by atoms with E-state index >= 15 is 0 Å². The van der Waals surface area contributed by atoms with Crippen LogP contribution in [-0.2, 0) is 11.2 Å². The predicted molar refractivity (Wildman–Crippen MR) is 79.8 cm³/mol. The van der Waals surface area contributed by atoms with Gasteiger partial charge in [-0.25, -0.2) is 0 Å². The number of hydrogen-bond donors (Lipinski definition) is 2. The summed E-state index contributed by atoms with van der Waals surface area (Å²) in [6.45, 7) is 5.89. The van der Waals surface area contributed by atoms with Crippen molar-refractivity contribution < 1.29 is 4.79 Å². The highest BCUT2D eigenvalue weighted by Crippen LogP contribution is 2.09. The van der Waals surface area contributed by atoms with E-state index in [1.54, 1.807) is 0 Å². The lowest BCUT2D eigenvalue weighted by Gasteiger charge is -2.22. The third-order valence-corrected chi connectivity index (χ3v) is 3.51. The fourth-order valence-corrected chi connectivity index (χ4v) is 2.04. The number of benzene rings is 1. The van der Waals surface area contributed by atoms with E-state index in [1.807, 2.05) is 32.0 Å². The van der Waals surface area contributed by atoms with Crippen LogP contribution in [0, 0.1) is 5.92 Å². The van der Waals surface area contributed by atoms with Crippen molar-refractivity contribution in [3.63, 3.8) is 0 Å². The Hall–Kier alpha value is -1.35. The number of nitrogens with two attached hydrogens (primary N) is 1. The van der Waals surface area contributed by atoms with Crippen molar-refractivity contribution in [1.82, 2.24) is 5.32 Å². The van der Waals surface area contributed by atoms with Gasteiger partial charge >= 0.3 is 0 Å². The highest BCUT2D eigenvalue weighted by Gasteiger charge is 2.20. The molecule has 3 N–H and O–H groups in total. The number of amides is 1. The standard InChI is InChI=1S/C16H26N2O/c1-4-8-15(11-14-9-6-5-7-10-14)18-16(19)12(2)13(3)17/h5-7,9-10,12-13,15H,4,8,11,17H2,1-3H3,(H,18,19). The molecule has 0 bridgehead atoms. The van der Waals surface area contributed by atoms with Crippen molar-refractivity contribution in [2.24, 2.45) is 11.7 Å². The van der Waals surface area contributed by atoms with Gasteiger partial charge in [-0.05, 0) is 25.3 Å². The summed E-state index contributed by atoms with van der Waals surface area (Å²) < 4.78 is 0. The van der Waals surface area contributed by atoms with Crippen molar-refractivity contribution >= 4 is 5.91 Å². The third kappa shape index (κ3) is 5.43. The molecule has 0 radical (unpaired) electrons. The zero-order valence-electron chi connectivity index (χ0n) is 12.2. The van der Waals surface area contributed by atoms with Gasteiger partial charge in [0, 0.05) is 18.0 Å². The predicted octanol–water partition coefficient (Wildman–Crippen LogP) is 2.50. The summed E-state index contributed by atoms with van der Waals surface area (Å²) >= 11 is 0. The smallest absolute Gasteiger partial charge is 0.224 e. The molecule has 0 saturated heterocycles. The zero-order valence-corrected chi connectivity index (χ0v) is 12.2. The molecule has 1 aromatic rings.